The highest BCUT2D eigenvalue weighted by Gasteiger charge is 2.16. The number of halogens is 1. The minimum atomic E-state index is -0.105. The number of pyridine rings is 1. The molecule has 2 N–H and O–H groups in total. The van der Waals surface area contributed by atoms with Crippen LogP contribution < -0.4 is 0 Å². The first-order valence-electron chi connectivity index (χ1n) is 7.00. The standard InChI is InChI=1S/C18H13ClN2O2/c1-10-13(8-11-2-4-12(9-20)5-3-11)18(23)21-17-14(19)6-7-15(22)16(10)17/h2-7,22H,8H2,1H3,(H,21,23). The van der Waals surface area contributed by atoms with Crippen LogP contribution in [0, 0.1) is 18.3 Å². The number of aryl methyl sites for hydroxylation is 1. The number of phenolic OH excluding ortho intramolecular Hbond substituents is 1. The maximum atomic E-state index is 10.3. The van der Waals surface area contributed by atoms with E-state index in [2.05, 4.69) is 11.1 Å². The number of benzene rings is 2. The summed E-state index contributed by atoms with van der Waals surface area (Å²) in [5.74, 6) is -0.0256. The van der Waals surface area contributed by atoms with Gasteiger partial charge >= 0.3 is 0 Å². The molecule has 1 heterocycles. The summed E-state index contributed by atoms with van der Waals surface area (Å²) >= 11 is 6.10. The van der Waals surface area contributed by atoms with Crippen molar-refractivity contribution in [3.05, 3.63) is 63.7 Å². The van der Waals surface area contributed by atoms with Crippen LogP contribution in [0.3, 0.4) is 0 Å². The molecule has 2 aromatic carbocycles. The predicted octanol–water partition coefficient (Wildman–Crippen LogP) is 4.07. The average Bonchev–Trinajstić information content (AvgIpc) is 2.55. The molecular weight excluding hydrogens is 312 g/mol. The monoisotopic (exact) mass is 324 g/mol. The van der Waals surface area contributed by atoms with Crippen molar-refractivity contribution in [2.75, 3.05) is 0 Å². The van der Waals surface area contributed by atoms with Gasteiger partial charge in [0, 0.05) is 17.4 Å². The van der Waals surface area contributed by atoms with Crippen LogP contribution in [0.5, 0.6) is 11.6 Å². The Hall–Kier alpha value is -2.77. The van der Waals surface area contributed by atoms with E-state index < -0.39 is 0 Å². The molecule has 0 saturated heterocycles. The molecule has 3 aromatic rings. The van der Waals surface area contributed by atoms with Gasteiger partial charge in [-0.05, 0) is 42.3 Å². The zero-order valence-electron chi connectivity index (χ0n) is 12.3. The molecule has 0 atom stereocenters. The van der Waals surface area contributed by atoms with Crippen molar-refractivity contribution in [1.82, 2.24) is 4.98 Å². The van der Waals surface area contributed by atoms with Crippen LogP contribution in [0.4, 0.5) is 0 Å². The normalized spacial score (nSPS) is 10.7. The Morgan fingerprint density at radius 2 is 1.83 bits per heavy atom. The number of aromatic hydroxyl groups is 2. The molecule has 0 aliphatic carbocycles. The Morgan fingerprint density at radius 1 is 1.13 bits per heavy atom. The van der Waals surface area contributed by atoms with Gasteiger partial charge in [-0.2, -0.15) is 5.26 Å². The molecule has 0 fully saturated rings. The van der Waals surface area contributed by atoms with E-state index >= 15 is 0 Å². The van der Waals surface area contributed by atoms with Crippen LogP contribution in [0.15, 0.2) is 36.4 Å². The number of hydrogen-bond donors (Lipinski definition) is 2. The van der Waals surface area contributed by atoms with E-state index in [4.69, 9.17) is 16.9 Å². The predicted molar refractivity (Wildman–Crippen MR) is 88.8 cm³/mol. The molecule has 0 radical (unpaired) electrons. The van der Waals surface area contributed by atoms with Crippen LogP contribution in [0.1, 0.15) is 22.3 Å². The van der Waals surface area contributed by atoms with E-state index in [1.807, 2.05) is 19.1 Å². The number of nitrogens with zero attached hydrogens (tertiary/aromatic N) is 2. The lowest BCUT2D eigenvalue weighted by atomic mass is 9.97. The number of rotatable bonds is 2. The Morgan fingerprint density at radius 3 is 2.48 bits per heavy atom. The Bertz CT molecular complexity index is 944. The summed E-state index contributed by atoms with van der Waals surface area (Å²) < 4.78 is 0. The molecule has 0 aliphatic heterocycles. The first-order chi connectivity index (χ1) is 11.0. The molecule has 1 aromatic heterocycles. The highest BCUT2D eigenvalue weighted by atomic mass is 35.5. The van der Waals surface area contributed by atoms with Crippen molar-refractivity contribution in [3.8, 4) is 17.7 Å². The van der Waals surface area contributed by atoms with Gasteiger partial charge in [-0.1, -0.05) is 23.7 Å². The van der Waals surface area contributed by atoms with Gasteiger partial charge in [0.1, 0.15) is 5.75 Å². The summed E-state index contributed by atoms with van der Waals surface area (Å²) in [7, 11) is 0. The van der Waals surface area contributed by atoms with Gasteiger partial charge in [0.15, 0.2) is 0 Å². The minimum Gasteiger partial charge on any atom is -0.507 e. The van der Waals surface area contributed by atoms with Gasteiger partial charge in [-0.15, -0.1) is 0 Å². The topological polar surface area (TPSA) is 77.1 Å². The molecule has 3 rings (SSSR count). The number of phenols is 1. The maximum Gasteiger partial charge on any atom is 0.215 e. The fraction of sp³-hybridized carbons (Fsp3) is 0.111. The molecule has 0 bridgehead atoms. The van der Waals surface area contributed by atoms with E-state index in [9.17, 15) is 10.2 Å². The molecule has 0 saturated carbocycles. The molecule has 0 spiro atoms. The number of nitriles is 1. The van der Waals surface area contributed by atoms with E-state index in [1.54, 1.807) is 18.2 Å². The zero-order valence-corrected chi connectivity index (χ0v) is 13.1. The highest BCUT2D eigenvalue weighted by molar-refractivity contribution is 6.35. The van der Waals surface area contributed by atoms with Crippen molar-refractivity contribution in [2.45, 2.75) is 13.3 Å². The minimum absolute atomic E-state index is 0.0791. The van der Waals surface area contributed by atoms with Crippen LogP contribution in [-0.2, 0) is 6.42 Å². The molecular formula is C18H13ClN2O2. The Kier molecular flexibility index (Phi) is 3.81. The van der Waals surface area contributed by atoms with Crippen molar-refractivity contribution < 1.29 is 10.2 Å². The molecule has 0 aliphatic rings. The van der Waals surface area contributed by atoms with E-state index in [1.165, 1.54) is 6.07 Å². The lowest BCUT2D eigenvalue weighted by molar-refractivity contribution is 0.448. The SMILES string of the molecule is Cc1c(Cc2ccc(C#N)cc2)c(O)nc2c(Cl)ccc(O)c12. The Labute approximate surface area is 138 Å². The Balaban J connectivity index is 2.14. The summed E-state index contributed by atoms with van der Waals surface area (Å²) in [4.78, 5) is 4.14. The van der Waals surface area contributed by atoms with Crippen molar-refractivity contribution in [3.63, 3.8) is 0 Å². The summed E-state index contributed by atoms with van der Waals surface area (Å²) in [6.45, 7) is 1.82. The largest absolute Gasteiger partial charge is 0.507 e. The van der Waals surface area contributed by atoms with Gasteiger partial charge in [-0.25, -0.2) is 4.98 Å². The van der Waals surface area contributed by atoms with Crippen LogP contribution in [-0.4, -0.2) is 15.2 Å². The molecule has 5 heteroatoms. The first-order valence-corrected chi connectivity index (χ1v) is 7.37. The molecule has 114 valence electrons. The maximum absolute atomic E-state index is 10.3. The lowest BCUT2D eigenvalue weighted by Crippen LogP contribution is -1.97. The zero-order chi connectivity index (χ0) is 16.6. The van der Waals surface area contributed by atoms with E-state index in [0.717, 1.165) is 11.1 Å². The summed E-state index contributed by atoms with van der Waals surface area (Å²) in [5, 5.41) is 30.1. The summed E-state index contributed by atoms with van der Waals surface area (Å²) in [6, 6.07) is 12.3. The molecule has 4 nitrogen and oxygen atoms in total. The lowest BCUT2D eigenvalue weighted by Gasteiger charge is -2.13. The second-order valence-electron chi connectivity index (χ2n) is 5.31. The van der Waals surface area contributed by atoms with Crippen molar-refractivity contribution >= 4 is 22.5 Å². The van der Waals surface area contributed by atoms with Gasteiger partial charge in [-0.3, -0.25) is 0 Å². The first kappa shape index (κ1) is 15.1. The summed E-state index contributed by atoms with van der Waals surface area (Å²) in [6.07, 6.45) is 0.443. The van der Waals surface area contributed by atoms with Gasteiger partial charge in [0.05, 0.1) is 22.2 Å². The third-order valence-electron chi connectivity index (χ3n) is 3.89. The van der Waals surface area contributed by atoms with Gasteiger partial charge in [0.2, 0.25) is 5.88 Å². The van der Waals surface area contributed by atoms with Crippen LogP contribution in [0.2, 0.25) is 5.02 Å². The molecule has 0 unspecified atom stereocenters. The van der Waals surface area contributed by atoms with E-state index in [0.29, 0.717) is 33.5 Å². The fourth-order valence-electron chi connectivity index (χ4n) is 2.64. The van der Waals surface area contributed by atoms with Crippen LogP contribution in [0.25, 0.3) is 10.9 Å². The summed E-state index contributed by atoms with van der Waals surface area (Å²) in [5.41, 5.74) is 3.25. The van der Waals surface area contributed by atoms with E-state index in [-0.39, 0.29) is 11.6 Å². The smallest absolute Gasteiger partial charge is 0.215 e. The second-order valence-corrected chi connectivity index (χ2v) is 5.72. The number of hydrogen-bond acceptors (Lipinski definition) is 4. The van der Waals surface area contributed by atoms with Crippen molar-refractivity contribution in [1.29, 1.82) is 5.26 Å². The fourth-order valence-corrected chi connectivity index (χ4v) is 2.84. The highest BCUT2D eigenvalue weighted by Crippen LogP contribution is 2.37. The van der Waals surface area contributed by atoms with Crippen molar-refractivity contribution in [2.24, 2.45) is 0 Å². The van der Waals surface area contributed by atoms with Gasteiger partial charge < -0.3 is 10.2 Å². The van der Waals surface area contributed by atoms with Crippen LogP contribution >= 0.6 is 11.6 Å². The number of fused-ring (bicyclic) bond motifs is 1. The average molecular weight is 325 g/mol. The molecule has 23 heavy (non-hydrogen) atoms. The second kappa shape index (κ2) is 5.79. The third kappa shape index (κ3) is 2.67. The quantitative estimate of drug-likeness (QED) is 0.745. The third-order valence-corrected chi connectivity index (χ3v) is 4.19. The molecule has 0 amide bonds. The number of aromatic nitrogens is 1. The van der Waals surface area contributed by atoms with Gasteiger partial charge in [0.25, 0.3) is 0 Å².